The van der Waals surface area contributed by atoms with Crippen LogP contribution in [0.5, 0.6) is 0 Å². The highest BCUT2D eigenvalue weighted by molar-refractivity contribution is 9.08. The Bertz CT molecular complexity index is 803. The molecule has 0 bridgehead atoms. The van der Waals surface area contributed by atoms with Crippen molar-refractivity contribution in [2.75, 3.05) is 0 Å². The summed E-state index contributed by atoms with van der Waals surface area (Å²) in [6.07, 6.45) is 0. The predicted octanol–water partition coefficient (Wildman–Crippen LogP) is 4.88. The maximum atomic E-state index is 4.81. The van der Waals surface area contributed by atoms with E-state index >= 15 is 0 Å². The quantitative estimate of drug-likeness (QED) is 0.593. The smallest absolute Gasteiger partial charge is 0.190 e. The molecule has 4 heteroatoms. The zero-order valence-electron chi connectivity index (χ0n) is 11.7. The van der Waals surface area contributed by atoms with E-state index in [1.807, 2.05) is 18.2 Å². The molecule has 2 nitrogen and oxygen atoms in total. The number of rotatable bonds is 3. The van der Waals surface area contributed by atoms with Crippen molar-refractivity contribution in [2.24, 2.45) is 12.0 Å². The van der Waals surface area contributed by atoms with Crippen LogP contribution in [-0.2, 0) is 12.4 Å². The first-order valence-electron chi connectivity index (χ1n) is 6.68. The molecule has 2 aromatic carbocycles. The highest BCUT2D eigenvalue weighted by Gasteiger charge is 2.05. The number of thiazole rings is 1. The first-order valence-corrected chi connectivity index (χ1v) is 8.68. The second-order valence-corrected chi connectivity index (χ2v) is 6.10. The maximum Gasteiger partial charge on any atom is 0.190 e. The van der Waals surface area contributed by atoms with Gasteiger partial charge in [-0.05, 0) is 17.2 Å². The predicted molar refractivity (Wildman–Crippen MR) is 93.0 cm³/mol. The van der Waals surface area contributed by atoms with Crippen molar-refractivity contribution in [3.05, 3.63) is 70.3 Å². The van der Waals surface area contributed by atoms with Crippen LogP contribution in [0.4, 0.5) is 5.69 Å². The third-order valence-corrected chi connectivity index (χ3v) is 4.87. The summed E-state index contributed by atoms with van der Waals surface area (Å²) in [5, 5.41) is 2.97. The fourth-order valence-corrected chi connectivity index (χ4v) is 3.57. The minimum Gasteiger partial charge on any atom is -0.320 e. The van der Waals surface area contributed by atoms with Crippen LogP contribution in [0.1, 0.15) is 5.56 Å². The van der Waals surface area contributed by atoms with Gasteiger partial charge in [0.1, 0.15) is 0 Å². The van der Waals surface area contributed by atoms with Gasteiger partial charge in [0.15, 0.2) is 4.80 Å². The Hall–Kier alpha value is -1.65. The Morgan fingerprint density at radius 1 is 1.05 bits per heavy atom. The van der Waals surface area contributed by atoms with Crippen LogP contribution < -0.4 is 4.80 Å². The molecule has 106 valence electrons. The molecule has 0 N–H and O–H groups in total. The molecule has 21 heavy (non-hydrogen) atoms. The molecule has 0 amide bonds. The molecule has 0 aliphatic rings. The highest BCUT2D eigenvalue weighted by atomic mass is 79.9. The lowest BCUT2D eigenvalue weighted by Crippen LogP contribution is -2.11. The Kier molecular flexibility index (Phi) is 4.36. The summed E-state index contributed by atoms with van der Waals surface area (Å²) >= 11 is 5.18. The summed E-state index contributed by atoms with van der Waals surface area (Å²) in [5.41, 5.74) is 4.63. The molecule has 1 aromatic heterocycles. The number of halogens is 1. The van der Waals surface area contributed by atoms with Crippen molar-refractivity contribution in [1.29, 1.82) is 0 Å². The van der Waals surface area contributed by atoms with Gasteiger partial charge >= 0.3 is 0 Å². The van der Waals surface area contributed by atoms with Crippen molar-refractivity contribution >= 4 is 33.0 Å². The second kappa shape index (κ2) is 6.41. The largest absolute Gasteiger partial charge is 0.320 e. The van der Waals surface area contributed by atoms with Gasteiger partial charge in [-0.3, -0.25) is 0 Å². The standard InChI is InChI=1S/C17H15BrN2S/c1-20-16(13-7-3-2-4-8-13)12-21-17(20)19-15-10-6-5-9-14(15)11-18/h2-10,12H,11H2,1H3. The van der Waals surface area contributed by atoms with Crippen molar-refractivity contribution < 1.29 is 0 Å². The summed E-state index contributed by atoms with van der Waals surface area (Å²) in [5.74, 6) is 0. The fourth-order valence-electron chi connectivity index (χ4n) is 2.18. The van der Waals surface area contributed by atoms with Crippen molar-refractivity contribution in [3.63, 3.8) is 0 Å². The third-order valence-electron chi connectivity index (χ3n) is 3.35. The van der Waals surface area contributed by atoms with E-state index in [-0.39, 0.29) is 0 Å². The molecule has 3 rings (SSSR count). The van der Waals surface area contributed by atoms with Gasteiger partial charge in [-0.25, -0.2) is 4.99 Å². The molecule has 0 spiro atoms. The summed E-state index contributed by atoms with van der Waals surface area (Å²) in [7, 11) is 2.06. The summed E-state index contributed by atoms with van der Waals surface area (Å²) < 4.78 is 2.14. The molecule has 0 saturated heterocycles. The lowest BCUT2D eigenvalue weighted by atomic mass is 10.2. The summed E-state index contributed by atoms with van der Waals surface area (Å²) in [6.45, 7) is 0. The van der Waals surface area contributed by atoms with E-state index in [9.17, 15) is 0 Å². The minimum atomic E-state index is 0.813. The first-order chi connectivity index (χ1) is 10.3. The van der Waals surface area contributed by atoms with E-state index in [0.717, 1.165) is 15.8 Å². The average Bonchev–Trinajstić information content (AvgIpc) is 2.90. The van der Waals surface area contributed by atoms with Gasteiger partial charge in [-0.2, -0.15) is 0 Å². The Morgan fingerprint density at radius 2 is 1.76 bits per heavy atom. The molecule has 0 fully saturated rings. The molecule has 0 radical (unpaired) electrons. The van der Waals surface area contributed by atoms with E-state index in [0.29, 0.717) is 0 Å². The molecule has 0 saturated carbocycles. The lowest BCUT2D eigenvalue weighted by molar-refractivity contribution is 0.882. The zero-order chi connectivity index (χ0) is 14.7. The first kappa shape index (κ1) is 14.3. The van der Waals surface area contributed by atoms with Gasteiger partial charge in [0.2, 0.25) is 0 Å². The van der Waals surface area contributed by atoms with Crippen LogP contribution in [0, 0.1) is 0 Å². The van der Waals surface area contributed by atoms with Crippen LogP contribution in [0.25, 0.3) is 11.3 Å². The van der Waals surface area contributed by atoms with Gasteiger partial charge in [-0.1, -0.05) is 64.5 Å². The maximum absolute atomic E-state index is 4.81. The lowest BCUT2D eigenvalue weighted by Gasteiger charge is -2.03. The van der Waals surface area contributed by atoms with E-state index < -0.39 is 0 Å². The number of aromatic nitrogens is 1. The molecule has 0 aliphatic carbocycles. The number of hydrogen-bond donors (Lipinski definition) is 0. The number of nitrogens with zero attached hydrogens (tertiary/aromatic N) is 2. The molecule has 0 aliphatic heterocycles. The van der Waals surface area contributed by atoms with Crippen LogP contribution in [-0.4, -0.2) is 4.57 Å². The van der Waals surface area contributed by atoms with Crippen molar-refractivity contribution in [2.45, 2.75) is 5.33 Å². The SMILES string of the molecule is Cn1c(-c2ccccc2)csc1=Nc1ccccc1CBr. The van der Waals surface area contributed by atoms with Gasteiger partial charge in [-0.15, -0.1) is 11.3 Å². The number of alkyl halides is 1. The molecule has 0 unspecified atom stereocenters. The molecule has 0 atom stereocenters. The van der Waals surface area contributed by atoms with E-state index in [1.165, 1.54) is 16.8 Å². The van der Waals surface area contributed by atoms with E-state index in [4.69, 9.17) is 4.99 Å². The average molecular weight is 359 g/mol. The number of para-hydroxylation sites is 1. The highest BCUT2D eigenvalue weighted by Crippen LogP contribution is 2.22. The molecule has 3 aromatic rings. The minimum absolute atomic E-state index is 0.813. The normalized spacial score (nSPS) is 11.8. The van der Waals surface area contributed by atoms with Gasteiger partial charge < -0.3 is 4.57 Å². The Labute approximate surface area is 136 Å². The number of benzene rings is 2. The van der Waals surface area contributed by atoms with Gasteiger partial charge in [0, 0.05) is 17.8 Å². The second-order valence-electron chi connectivity index (χ2n) is 4.70. The van der Waals surface area contributed by atoms with E-state index in [2.05, 4.69) is 69.3 Å². The zero-order valence-corrected chi connectivity index (χ0v) is 14.1. The van der Waals surface area contributed by atoms with E-state index in [1.54, 1.807) is 11.3 Å². The fraction of sp³-hybridized carbons (Fsp3) is 0.118. The summed E-state index contributed by atoms with van der Waals surface area (Å²) in [4.78, 5) is 5.81. The molecule has 1 heterocycles. The Morgan fingerprint density at radius 3 is 2.52 bits per heavy atom. The van der Waals surface area contributed by atoms with Crippen LogP contribution in [0.2, 0.25) is 0 Å². The van der Waals surface area contributed by atoms with Crippen LogP contribution >= 0.6 is 27.3 Å². The monoisotopic (exact) mass is 358 g/mol. The van der Waals surface area contributed by atoms with Crippen molar-refractivity contribution in [1.82, 2.24) is 4.57 Å². The topological polar surface area (TPSA) is 17.3 Å². The molecular formula is C17H15BrN2S. The molecular weight excluding hydrogens is 344 g/mol. The van der Waals surface area contributed by atoms with Gasteiger partial charge in [0.05, 0.1) is 11.4 Å². The van der Waals surface area contributed by atoms with Crippen molar-refractivity contribution in [3.8, 4) is 11.3 Å². The number of hydrogen-bond acceptors (Lipinski definition) is 2. The van der Waals surface area contributed by atoms with Crippen LogP contribution in [0.3, 0.4) is 0 Å². The van der Waals surface area contributed by atoms with Crippen LogP contribution in [0.15, 0.2) is 65.0 Å². The van der Waals surface area contributed by atoms with Gasteiger partial charge in [0.25, 0.3) is 0 Å². The third kappa shape index (κ3) is 3.01. The Balaban J connectivity index is 2.09. The summed E-state index contributed by atoms with van der Waals surface area (Å²) in [6, 6.07) is 18.6.